The first-order valence-corrected chi connectivity index (χ1v) is 9.46. The number of carbonyl (C=O) groups is 1. The summed E-state index contributed by atoms with van der Waals surface area (Å²) in [5.41, 5.74) is -0.380. The monoisotopic (exact) mass is 465 g/mol. The van der Waals surface area contributed by atoms with Crippen molar-refractivity contribution >= 4 is 58.5 Å². The summed E-state index contributed by atoms with van der Waals surface area (Å²) in [7, 11) is 1.58. The van der Waals surface area contributed by atoms with E-state index in [9.17, 15) is 15.0 Å². The SMILES string of the molecule is Cn1nnnc1C1(C=S)c2cc(O)c(O)cc2CCN1C(=O)OCC(Cl)(Cl)Cl. The molecule has 0 fully saturated rings. The van der Waals surface area contributed by atoms with Gasteiger partial charge in [0.05, 0.1) is 0 Å². The standard InChI is InChI=1S/C15H14Cl3N5O4S/c1-22-12(19-20-21-22)14(7-28)9-5-11(25)10(24)4-8(9)2-3-23(14)13(26)27-6-15(16,17)18/h4-5,7,24-25H,2-3,6H2,1H3. The van der Waals surface area contributed by atoms with Crippen molar-refractivity contribution in [1.82, 2.24) is 25.1 Å². The Bertz CT molecular complexity index is 935. The van der Waals surface area contributed by atoms with Crippen molar-refractivity contribution in [3.63, 3.8) is 0 Å². The number of nitrogens with zero attached hydrogens (tertiary/aromatic N) is 5. The van der Waals surface area contributed by atoms with Crippen molar-refractivity contribution in [2.24, 2.45) is 7.05 Å². The third-order valence-electron chi connectivity index (χ3n) is 4.35. The Hall–Kier alpha value is -1.88. The summed E-state index contributed by atoms with van der Waals surface area (Å²) in [6, 6.07) is 2.72. The molecular formula is C15H14Cl3N5O4S. The second-order valence-electron chi connectivity index (χ2n) is 6.08. The molecular weight excluding hydrogens is 453 g/mol. The summed E-state index contributed by atoms with van der Waals surface area (Å²) < 4.78 is 4.70. The highest BCUT2D eigenvalue weighted by molar-refractivity contribution is 7.79. The van der Waals surface area contributed by atoms with E-state index in [0.29, 0.717) is 17.5 Å². The topological polar surface area (TPSA) is 114 Å². The second kappa shape index (κ2) is 7.51. The van der Waals surface area contributed by atoms with Gasteiger partial charge >= 0.3 is 6.09 Å². The average molecular weight is 467 g/mol. The third kappa shape index (κ3) is 3.57. The van der Waals surface area contributed by atoms with Crippen LogP contribution in [0.1, 0.15) is 17.0 Å². The van der Waals surface area contributed by atoms with Gasteiger partial charge in [-0.2, -0.15) is 0 Å². The van der Waals surface area contributed by atoms with Gasteiger partial charge in [-0.1, -0.05) is 47.0 Å². The van der Waals surface area contributed by atoms with Crippen LogP contribution in [0.5, 0.6) is 11.5 Å². The number of aryl methyl sites for hydroxylation is 1. The molecule has 1 atom stereocenters. The van der Waals surface area contributed by atoms with E-state index in [1.807, 2.05) is 0 Å². The molecule has 13 heteroatoms. The minimum absolute atomic E-state index is 0.149. The number of alkyl halides is 3. The number of tetrazole rings is 1. The van der Waals surface area contributed by atoms with Crippen molar-refractivity contribution in [2.45, 2.75) is 15.8 Å². The third-order valence-corrected chi connectivity index (χ3v) is 5.02. The van der Waals surface area contributed by atoms with Gasteiger partial charge in [-0.15, -0.1) is 5.10 Å². The Kier molecular flexibility index (Phi) is 5.59. The molecule has 2 aromatic rings. The highest BCUT2D eigenvalue weighted by Crippen LogP contribution is 2.43. The number of aromatic nitrogens is 4. The van der Waals surface area contributed by atoms with Gasteiger partial charge in [0.15, 0.2) is 22.9 Å². The van der Waals surface area contributed by atoms with Crippen LogP contribution < -0.4 is 0 Å². The summed E-state index contributed by atoms with van der Waals surface area (Å²) in [6.45, 7) is -0.332. The molecule has 0 aliphatic carbocycles. The van der Waals surface area contributed by atoms with Crippen molar-refractivity contribution in [2.75, 3.05) is 13.2 Å². The first kappa shape index (κ1) is 20.8. The number of ether oxygens (including phenoxy) is 1. The molecule has 1 aliphatic rings. The molecule has 1 aliphatic heterocycles. The van der Waals surface area contributed by atoms with Crippen LogP contribution in [0, 0.1) is 0 Å². The Morgan fingerprint density at radius 1 is 1.39 bits per heavy atom. The van der Waals surface area contributed by atoms with Crippen LogP contribution in [0.4, 0.5) is 4.79 Å². The van der Waals surface area contributed by atoms with Crippen LogP contribution in [-0.2, 0) is 23.7 Å². The molecule has 28 heavy (non-hydrogen) atoms. The zero-order valence-electron chi connectivity index (χ0n) is 14.3. The lowest BCUT2D eigenvalue weighted by molar-refractivity contribution is 0.0769. The smallest absolute Gasteiger partial charge is 0.411 e. The number of amides is 1. The van der Waals surface area contributed by atoms with Crippen LogP contribution in [0.25, 0.3) is 0 Å². The summed E-state index contributed by atoms with van der Waals surface area (Å²) >= 11 is 22.3. The number of hydrogen-bond acceptors (Lipinski definition) is 8. The Morgan fingerprint density at radius 2 is 2.07 bits per heavy atom. The van der Waals surface area contributed by atoms with Gasteiger partial charge in [-0.05, 0) is 40.1 Å². The quantitative estimate of drug-likeness (QED) is 0.402. The lowest BCUT2D eigenvalue weighted by Crippen LogP contribution is -2.56. The number of thiocarbonyl (C=S) groups is 1. The molecule has 0 bridgehead atoms. The first-order chi connectivity index (χ1) is 13.1. The Morgan fingerprint density at radius 3 is 2.64 bits per heavy atom. The normalized spacial score (nSPS) is 19.2. The minimum Gasteiger partial charge on any atom is -0.504 e. The molecule has 1 amide bonds. The fraction of sp³-hybridized carbons (Fsp3) is 0.400. The number of benzene rings is 1. The van der Waals surface area contributed by atoms with Crippen LogP contribution >= 0.6 is 47.0 Å². The lowest BCUT2D eigenvalue weighted by Gasteiger charge is -2.43. The number of phenolic OH excluding ortho intramolecular Hbond substituents is 2. The van der Waals surface area contributed by atoms with Gasteiger partial charge in [0.1, 0.15) is 6.61 Å². The summed E-state index contributed by atoms with van der Waals surface area (Å²) in [6.07, 6.45) is -0.462. The molecule has 9 nitrogen and oxygen atoms in total. The van der Waals surface area contributed by atoms with E-state index in [1.165, 1.54) is 27.1 Å². The number of phenols is 2. The van der Waals surface area contributed by atoms with Crippen LogP contribution in [0.2, 0.25) is 0 Å². The van der Waals surface area contributed by atoms with E-state index < -0.39 is 22.0 Å². The molecule has 0 saturated heterocycles. The zero-order valence-corrected chi connectivity index (χ0v) is 17.4. The summed E-state index contributed by atoms with van der Waals surface area (Å²) in [5.74, 6) is -0.466. The zero-order chi connectivity index (χ0) is 20.7. The maximum absolute atomic E-state index is 12.9. The van der Waals surface area contributed by atoms with E-state index in [4.69, 9.17) is 51.8 Å². The maximum Gasteiger partial charge on any atom is 0.411 e. The lowest BCUT2D eigenvalue weighted by atomic mass is 9.81. The number of halogens is 3. The van der Waals surface area contributed by atoms with Gasteiger partial charge < -0.3 is 14.9 Å². The number of fused-ring (bicyclic) bond motifs is 1. The van der Waals surface area contributed by atoms with E-state index in [1.54, 1.807) is 7.05 Å². The number of rotatable bonds is 3. The molecule has 2 heterocycles. The largest absolute Gasteiger partial charge is 0.504 e. The molecule has 0 saturated carbocycles. The predicted octanol–water partition coefficient (Wildman–Crippen LogP) is 2.23. The summed E-state index contributed by atoms with van der Waals surface area (Å²) in [5, 5.41) is 32.7. The highest BCUT2D eigenvalue weighted by atomic mass is 35.6. The van der Waals surface area contributed by atoms with Gasteiger partial charge in [-0.3, -0.25) is 4.90 Å². The van der Waals surface area contributed by atoms with Gasteiger partial charge in [0.2, 0.25) is 3.79 Å². The van der Waals surface area contributed by atoms with Gasteiger partial charge in [-0.25, -0.2) is 9.48 Å². The van der Waals surface area contributed by atoms with Crippen LogP contribution in [-0.4, -0.2) is 63.7 Å². The van der Waals surface area contributed by atoms with E-state index in [-0.39, 0.29) is 23.9 Å². The predicted molar refractivity (Wildman–Crippen MR) is 105 cm³/mol. The van der Waals surface area contributed by atoms with Gasteiger partial charge in [0.25, 0.3) is 0 Å². The van der Waals surface area contributed by atoms with E-state index >= 15 is 0 Å². The van der Waals surface area contributed by atoms with Crippen LogP contribution in [0.3, 0.4) is 0 Å². The number of hydrogen-bond donors (Lipinski definition) is 2. The fourth-order valence-corrected chi connectivity index (χ4v) is 3.69. The minimum atomic E-state index is -1.79. The molecule has 1 aromatic heterocycles. The molecule has 2 N–H and O–H groups in total. The van der Waals surface area contributed by atoms with Crippen molar-refractivity contribution < 1.29 is 19.7 Å². The molecule has 150 valence electrons. The highest BCUT2D eigenvalue weighted by Gasteiger charge is 2.50. The van der Waals surface area contributed by atoms with Crippen LogP contribution in [0.15, 0.2) is 12.1 Å². The Labute approximate surface area is 179 Å². The molecule has 0 radical (unpaired) electrons. The van der Waals surface area contributed by atoms with Gasteiger partial charge in [0, 0.05) is 19.0 Å². The Balaban J connectivity index is 2.17. The maximum atomic E-state index is 12.9. The summed E-state index contributed by atoms with van der Waals surface area (Å²) in [4.78, 5) is 14.2. The second-order valence-corrected chi connectivity index (χ2v) is 8.83. The fourth-order valence-electron chi connectivity index (χ4n) is 3.17. The molecule has 1 aromatic carbocycles. The number of carbonyl (C=O) groups excluding carboxylic acids is 1. The number of aromatic hydroxyl groups is 2. The first-order valence-electron chi connectivity index (χ1n) is 7.86. The van der Waals surface area contributed by atoms with Crippen molar-refractivity contribution in [1.29, 1.82) is 0 Å². The van der Waals surface area contributed by atoms with Crippen molar-refractivity contribution in [3.05, 3.63) is 29.1 Å². The molecule has 3 rings (SSSR count). The molecule has 1 unspecified atom stereocenters. The van der Waals surface area contributed by atoms with E-state index in [0.717, 1.165) is 0 Å². The van der Waals surface area contributed by atoms with Crippen molar-refractivity contribution in [3.8, 4) is 11.5 Å². The average Bonchev–Trinajstić information content (AvgIpc) is 3.05. The molecule has 0 spiro atoms. The van der Waals surface area contributed by atoms with E-state index in [2.05, 4.69) is 15.5 Å².